The van der Waals surface area contributed by atoms with Gasteiger partial charge in [0.25, 0.3) is 17.6 Å². The van der Waals surface area contributed by atoms with Crippen LogP contribution < -0.4 is 16.5 Å². The average Bonchev–Trinajstić information content (AvgIpc) is 3.30. The summed E-state index contributed by atoms with van der Waals surface area (Å²) in [6.07, 6.45) is 0.822. The number of hydrogen-bond donors (Lipinski definition) is 5. The van der Waals surface area contributed by atoms with Crippen molar-refractivity contribution in [1.82, 2.24) is 20.4 Å². The van der Waals surface area contributed by atoms with E-state index in [1.54, 1.807) is 41.3 Å². The number of Topliss-reactive ketones (excluding diaryl/α,β-unsaturated/α-hetero) is 1. The van der Waals surface area contributed by atoms with E-state index in [1.165, 1.54) is 24.0 Å². The minimum absolute atomic E-state index is 0.108. The van der Waals surface area contributed by atoms with Crippen LogP contribution in [0.15, 0.2) is 59.8 Å². The number of carbonyl (C=O) groups excluding carboxylic acids is 5. The maximum absolute atomic E-state index is 13.6. The summed E-state index contributed by atoms with van der Waals surface area (Å²) in [5, 5.41) is 26.5. The van der Waals surface area contributed by atoms with E-state index in [2.05, 4.69) is 15.9 Å². The molecule has 2 aromatic rings. The molecule has 0 aromatic heterocycles. The molecule has 2 heterocycles. The summed E-state index contributed by atoms with van der Waals surface area (Å²) in [7, 11) is 0. The number of morpholine rings is 1. The summed E-state index contributed by atoms with van der Waals surface area (Å²) in [6, 6.07) is 11.6. The molecule has 4 rings (SSSR count). The molecular formula is C34H43N8O8+. The zero-order valence-electron chi connectivity index (χ0n) is 27.9. The molecule has 266 valence electrons. The molecule has 0 bridgehead atoms. The fraction of sp³-hybridized carbons (Fsp3) is 0.441. The topological polar surface area (TPSA) is 228 Å². The Morgan fingerprint density at radius 1 is 1.02 bits per heavy atom. The van der Waals surface area contributed by atoms with Crippen molar-refractivity contribution in [2.45, 2.75) is 57.2 Å². The number of carboxylic acid groups (broad SMARTS) is 1. The maximum atomic E-state index is 13.6. The summed E-state index contributed by atoms with van der Waals surface area (Å²) < 4.78 is 6.22. The fourth-order valence-electron chi connectivity index (χ4n) is 5.74. The number of carbonyl (C=O) groups is 6. The molecule has 2 fully saturated rings. The molecule has 0 saturated carbocycles. The zero-order chi connectivity index (χ0) is 36.2. The molecular weight excluding hydrogens is 648 g/mol. The molecule has 2 aliphatic rings. The summed E-state index contributed by atoms with van der Waals surface area (Å²) in [6.45, 7) is 3.00. The lowest BCUT2D eigenvalue weighted by atomic mass is 10.1. The molecule has 0 aliphatic carbocycles. The van der Waals surface area contributed by atoms with Gasteiger partial charge in [0.05, 0.1) is 26.1 Å². The lowest BCUT2D eigenvalue weighted by molar-refractivity contribution is -0.476. The predicted molar refractivity (Wildman–Crippen MR) is 178 cm³/mol. The first-order valence-corrected chi connectivity index (χ1v) is 16.4. The van der Waals surface area contributed by atoms with Crippen molar-refractivity contribution < 1.29 is 43.3 Å². The monoisotopic (exact) mass is 691 g/mol. The van der Waals surface area contributed by atoms with Crippen molar-refractivity contribution in [3.8, 4) is 0 Å². The SMILES string of the molecule is CC(C(=O)NC(CC(=O)O)C(=O)C[N+](=NN)C(=N)Cc1ccccc1)N1CCCC[C@H](NC(=O)c2ccc(C(=O)N3CCOCC3)cc2)C1=O. The molecule has 2 saturated heterocycles. The van der Waals surface area contributed by atoms with Crippen LogP contribution in [0, 0.1) is 5.41 Å². The van der Waals surface area contributed by atoms with Crippen LogP contribution in [0.3, 0.4) is 0 Å². The van der Waals surface area contributed by atoms with E-state index in [0.29, 0.717) is 51.1 Å². The lowest BCUT2D eigenvalue weighted by Gasteiger charge is -2.30. The fourth-order valence-corrected chi connectivity index (χ4v) is 5.74. The van der Waals surface area contributed by atoms with Crippen molar-refractivity contribution in [3.63, 3.8) is 0 Å². The number of benzene rings is 2. The van der Waals surface area contributed by atoms with Crippen LogP contribution in [0.5, 0.6) is 0 Å². The number of likely N-dealkylation sites (tertiary alicyclic amines) is 1. The Kier molecular flexibility index (Phi) is 13.3. The Morgan fingerprint density at radius 2 is 1.68 bits per heavy atom. The van der Waals surface area contributed by atoms with Gasteiger partial charge in [0.1, 0.15) is 18.1 Å². The number of carboxylic acids is 1. The predicted octanol–water partition coefficient (Wildman–Crippen LogP) is 0.745. The molecule has 50 heavy (non-hydrogen) atoms. The van der Waals surface area contributed by atoms with E-state index >= 15 is 0 Å². The summed E-state index contributed by atoms with van der Waals surface area (Å²) >= 11 is 0. The van der Waals surface area contributed by atoms with Crippen LogP contribution in [0.25, 0.3) is 0 Å². The smallest absolute Gasteiger partial charge is 0.305 e. The first-order valence-electron chi connectivity index (χ1n) is 16.4. The Balaban J connectivity index is 1.38. The Hall–Kier alpha value is -5.51. The Bertz CT molecular complexity index is 1610. The summed E-state index contributed by atoms with van der Waals surface area (Å²) in [5.41, 5.74) is 1.45. The number of ketones is 1. The highest BCUT2D eigenvalue weighted by atomic mass is 16.5. The first kappa shape index (κ1) is 37.3. The van der Waals surface area contributed by atoms with Crippen LogP contribution in [-0.4, -0.2) is 118 Å². The number of nitrogens with two attached hydrogens (primary N) is 1. The van der Waals surface area contributed by atoms with E-state index < -0.39 is 60.6 Å². The number of nitrogens with zero attached hydrogens (tertiary/aromatic N) is 4. The normalized spacial score (nSPS) is 18.0. The van der Waals surface area contributed by atoms with E-state index in [0.717, 1.165) is 10.3 Å². The average molecular weight is 692 g/mol. The molecule has 6 N–H and O–H groups in total. The van der Waals surface area contributed by atoms with E-state index in [4.69, 9.17) is 16.0 Å². The van der Waals surface area contributed by atoms with Gasteiger partial charge in [0.15, 0.2) is 12.3 Å². The molecule has 2 aromatic carbocycles. The molecule has 3 atom stereocenters. The Labute approximate surface area is 289 Å². The van der Waals surface area contributed by atoms with Crippen molar-refractivity contribution in [2.75, 3.05) is 39.4 Å². The van der Waals surface area contributed by atoms with E-state index in [1.807, 2.05) is 6.07 Å². The second-order valence-electron chi connectivity index (χ2n) is 12.1. The second-order valence-corrected chi connectivity index (χ2v) is 12.1. The molecule has 4 amide bonds. The van der Waals surface area contributed by atoms with Gasteiger partial charge in [-0.3, -0.25) is 28.8 Å². The summed E-state index contributed by atoms with van der Waals surface area (Å²) in [4.78, 5) is 80.8. The number of amides is 4. The van der Waals surface area contributed by atoms with Crippen molar-refractivity contribution in [1.29, 1.82) is 5.41 Å². The molecule has 16 nitrogen and oxygen atoms in total. The first-order chi connectivity index (χ1) is 24.0. The van der Waals surface area contributed by atoms with Crippen molar-refractivity contribution in [2.24, 2.45) is 11.1 Å². The van der Waals surface area contributed by atoms with Gasteiger partial charge in [-0.2, -0.15) is 5.41 Å². The maximum Gasteiger partial charge on any atom is 0.305 e. The molecule has 16 heteroatoms. The van der Waals surface area contributed by atoms with Crippen molar-refractivity contribution in [3.05, 3.63) is 71.3 Å². The third kappa shape index (κ3) is 10.0. The highest BCUT2D eigenvalue weighted by molar-refractivity contribution is 6.00. The number of ether oxygens (including phenoxy) is 1. The number of rotatable bonds is 13. The van der Waals surface area contributed by atoms with E-state index in [-0.39, 0.29) is 30.3 Å². The number of aliphatic carboxylic acids is 1. The molecule has 2 aliphatic heterocycles. The third-order valence-corrected chi connectivity index (χ3v) is 8.62. The van der Waals surface area contributed by atoms with Crippen LogP contribution in [0.2, 0.25) is 0 Å². The van der Waals surface area contributed by atoms with Gasteiger partial charge in [0, 0.05) is 36.0 Å². The minimum atomic E-state index is -1.49. The van der Waals surface area contributed by atoms with Crippen LogP contribution >= 0.6 is 0 Å². The minimum Gasteiger partial charge on any atom is -0.481 e. The lowest BCUT2D eigenvalue weighted by Crippen LogP contribution is -2.56. The van der Waals surface area contributed by atoms with Gasteiger partial charge >= 0.3 is 5.97 Å². The molecule has 0 radical (unpaired) electrons. The number of hydrogen-bond acceptors (Lipinski definition) is 9. The second kappa shape index (κ2) is 17.8. The Morgan fingerprint density at radius 3 is 2.32 bits per heavy atom. The van der Waals surface area contributed by atoms with Gasteiger partial charge in [-0.05, 0) is 56.0 Å². The number of amidine groups is 1. The largest absolute Gasteiger partial charge is 0.481 e. The van der Waals surface area contributed by atoms with E-state index in [9.17, 15) is 33.9 Å². The molecule has 2 unspecified atom stereocenters. The van der Waals surface area contributed by atoms with Crippen molar-refractivity contribution >= 4 is 41.2 Å². The van der Waals surface area contributed by atoms with Gasteiger partial charge in [-0.15, -0.1) is 4.70 Å². The van der Waals surface area contributed by atoms with Gasteiger partial charge in [-0.1, -0.05) is 30.3 Å². The number of nitrogens with one attached hydrogen (secondary N) is 3. The standard InChI is InChI=1S/C34H42N8O8/c1-22(31(46)38-27(20-30(44)45)28(43)21-42(39-36)29(35)19-23-7-3-2-4-8-23)41-14-6-5-9-26(34(41)49)37-32(47)24-10-12-25(13-11-24)33(48)40-15-17-50-18-16-40/h2-4,7-8,10-13,22,26-27,35-36H,5-6,9,14-21H2,1H3,(H3,37,38,44,45,46,47)/p+1/t22?,26-,27?/m0/s1. The molecule has 0 spiro atoms. The third-order valence-electron chi connectivity index (χ3n) is 8.62. The van der Waals surface area contributed by atoms with Crippen LogP contribution in [0.4, 0.5) is 0 Å². The highest BCUT2D eigenvalue weighted by Crippen LogP contribution is 2.17. The van der Waals surface area contributed by atoms with Crippen LogP contribution in [0.1, 0.15) is 58.9 Å². The van der Waals surface area contributed by atoms with Gasteiger partial charge < -0.3 is 30.3 Å². The summed E-state index contributed by atoms with van der Waals surface area (Å²) in [5.74, 6) is 1.30. The highest BCUT2D eigenvalue weighted by Gasteiger charge is 2.36. The van der Waals surface area contributed by atoms with Crippen LogP contribution in [-0.2, 0) is 30.3 Å². The zero-order valence-corrected chi connectivity index (χ0v) is 27.9. The quantitative estimate of drug-likeness (QED) is 0.0498. The van der Waals surface area contributed by atoms with Gasteiger partial charge in [-0.25, -0.2) is 5.84 Å². The van der Waals surface area contributed by atoms with Gasteiger partial charge in [0.2, 0.25) is 11.8 Å².